The molecular weight excluding hydrogens is 424 g/mol. The van der Waals surface area contributed by atoms with E-state index in [1.165, 1.54) is 3.97 Å². The highest BCUT2D eigenvalue weighted by atomic mass is 32.2. The third-order valence-electron chi connectivity index (χ3n) is 6.83. The van der Waals surface area contributed by atoms with E-state index in [0.717, 1.165) is 68.8 Å². The van der Waals surface area contributed by atoms with Gasteiger partial charge in [-0.25, -0.2) is 12.4 Å². The Morgan fingerprint density at radius 2 is 1.69 bits per heavy atom. The Morgan fingerprint density at radius 3 is 2.34 bits per heavy atom. The number of aromatic nitrogens is 3. The van der Waals surface area contributed by atoms with Crippen LogP contribution < -0.4 is 0 Å². The minimum atomic E-state index is -3.67. The summed E-state index contributed by atoms with van der Waals surface area (Å²) in [7, 11) is -1.80. The van der Waals surface area contributed by atoms with Gasteiger partial charge < -0.3 is 4.74 Å². The van der Waals surface area contributed by atoms with Crippen molar-refractivity contribution >= 4 is 10.0 Å². The maximum Gasteiger partial charge on any atom is 0.267 e. The molecule has 2 fully saturated rings. The van der Waals surface area contributed by atoms with Crippen molar-refractivity contribution in [2.24, 2.45) is 7.05 Å². The molecule has 3 aromatic rings. The quantitative estimate of drug-likeness (QED) is 0.590. The molecule has 32 heavy (non-hydrogen) atoms. The van der Waals surface area contributed by atoms with E-state index in [9.17, 15) is 8.42 Å². The van der Waals surface area contributed by atoms with E-state index < -0.39 is 10.0 Å². The first kappa shape index (κ1) is 21.4. The SMILES string of the molecule is Cn1cc(-c2cc(C3CCC(N4CCOCC4)CC3)n(S(=O)(=O)c3ccccc3)c2)cn1. The molecule has 2 aromatic heterocycles. The van der Waals surface area contributed by atoms with E-state index in [2.05, 4.69) is 16.1 Å². The van der Waals surface area contributed by atoms with Crippen LogP contribution in [0.3, 0.4) is 0 Å². The van der Waals surface area contributed by atoms with Crippen LogP contribution in [0, 0.1) is 0 Å². The van der Waals surface area contributed by atoms with Crippen LogP contribution in [0.1, 0.15) is 37.3 Å². The molecule has 1 aliphatic carbocycles. The van der Waals surface area contributed by atoms with Gasteiger partial charge in [0.05, 0.1) is 24.3 Å². The van der Waals surface area contributed by atoms with Gasteiger partial charge in [0, 0.05) is 61.3 Å². The molecule has 2 aliphatic rings. The van der Waals surface area contributed by atoms with Crippen molar-refractivity contribution in [1.29, 1.82) is 0 Å². The molecule has 170 valence electrons. The van der Waals surface area contributed by atoms with Crippen LogP contribution in [-0.4, -0.2) is 59.4 Å². The normalized spacial score (nSPS) is 22.8. The summed E-state index contributed by atoms with van der Waals surface area (Å²) < 4.78 is 35.9. The summed E-state index contributed by atoms with van der Waals surface area (Å²) in [4.78, 5) is 2.86. The minimum absolute atomic E-state index is 0.219. The maximum absolute atomic E-state index is 13.6. The summed E-state index contributed by atoms with van der Waals surface area (Å²) in [5, 5.41) is 4.27. The first-order valence-corrected chi connectivity index (χ1v) is 12.8. The lowest BCUT2D eigenvalue weighted by molar-refractivity contribution is 0.00719. The van der Waals surface area contributed by atoms with E-state index in [1.54, 1.807) is 41.3 Å². The monoisotopic (exact) mass is 454 g/mol. The lowest BCUT2D eigenvalue weighted by Crippen LogP contribution is -2.44. The number of nitrogens with zero attached hydrogens (tertiary/aromatic N) is 4. The van der Waals surface area contributed by atoms with E-state index >= 15 is 0 Å². The third-order valence-corrected chi connectivity index (χ3v) is 8.53. The Kier molecular flexibility index (Phi) is 5.92. The standard InChI is InChI=1S/C24H30N4O3S/c1-26-17-21(16-25-26)20-15-24(28(18-20)32(29,30)23-5-3-2-4-6-23)19-7-9-22(10-8-19)27-11-13-31-14-12-27/h2-6,15-19,22H,7-14H2,1H3. The van der Waals surface area contributed by atoms with Crippen LogP contribution in [0.5, 0.6) is 0 Å². The second-order valence-electron chi connectivity index (χ2n) is 8.82. The average Bonchev–Trinajstić information content (AvgIpc) is 3.47. The van der Waals surface area contributed by atoms with Gasteiger partial charge in [-0.1, -0.05) is 18.2 Å². The predicted octanol–water partition coefficient (Wildman–Crippen LogP) is 3.48. The molecule has 3 heterocycles. The van der Waals surface area contributed by atoms with E-state index in [1.807, 2.05) is 19.3 Å². The zero-order chi connectivity index (χ0) is 22.1. The number of morpholine rings is 1. The zero-order valence-corrected chi connectivity index (χ0v) is 19.2. The summed E-state index contributed by atoms with van der Waals surface area (Å²) in [6.07, 6.45) is 9.63. The predicted molar refractivity (Wildman–Crippen MR) is 123 cm³/mol. The van der Waals surface area contributed by atoms with E-state index in [0.29, 0.717) is 10.9 Å². The summed E-state index contributed by atoms with van der Waals surface area (Å²) >= 11 is 0. The number of ether oxygens (including phenoxy) is 1. The Bertz CT molecular complexity index is 1160. The molecule has 1 saturated carbocycles. The molecule has 0 amide bonds. The van der Waals surface area contributed by atoms with Gasteiger partial charge >= 0.3 is 0 Å². The van der Waals surface area contributed by atoms with Crippen LogP contribution in [0.15, 0.2) is 59.9 Å². The molecule has 7 nitrogen and oxygen atoms in total. The number of aryl methyl sites for hydroxylation is 1. The molecule has 1 saturated heterocycles. The van der Waals surface area contributed by atoms with Gasteiger partial charge in [0.2, 0.25) is 0 Å². The Morgan fingerprint density at radius 1 is 0.969 bits per heavy atom. The fraction of sp³-hybridized carbons (Fsp3) is 0.458. The van der Waals surface area contributed by atoms with Gasteiger partial charge in [0.25, 0.3) is 10.0 Å². The second-order valence-corrected chi connectivity index (χ2v) is 10.6. The van der Waals surface area contributed by atoms with Gasteiger partial charge in [-0.05, 0) is 43.9 Å². The molecule has 1 aliphatic heterocycles. The van der Waals surface area contributed by atoms with Crippen molar-refractivity contribution in [3.8, 4) is 11.1 Å². The summed E-state index contributed by atoms with van der Waals surface area (Å²) in [6.45, 7) is 3.62. The molecule has 8 heteroatoms. The fourth-order valence-corrected chi connectivity index (χ4v) is 6.54. The van der Waals surface area contributed by atoms with Crippen molar-refractivity contribution in [2.75, 3.05) is 26.3 Å². The molecular formula is C24H30N4O3S. The van der Waals surface area contributed by atoms with Crippen molar-refractivity contribution in [2.45, 2.75) is 42.5 Å². The lowest BCUT2D eigenvalue weighted by Gasteiger charge is -2.38. The topological polar surface area (TPSA) is 69.4 Å². The van der Waals surface area contributed by atoms with Crippen LogP contribution in [0.4, 0.5) is 0 Å². The van der Waals surface area contributed by atoms with Crippen LogP contribution in [0.2, 0.25) is 0 Å². The zero-order valence-electron chi connectivity index (χ0n) is 18.4. The Hall–Kier alpha value is -2.42. The van der Waals surface area contributed by atoms with Crippen molar-refractivity contribution in [3.05, 3.63) is 60.7 Å². The molecule has 0 bridgehead atoms. The molecule has 0 N–H and O–H groups in total. The lowest BCUT2D eigenvalue weighted by atomic mass is 9.83. The molecule has 0 atom stereocenters. The third kappa shape index (κ3) is 4.14. The highest BCUT2D eigenvalue weighted by Gasteiger charge is 2.31. The minimum Gasteiger partial charge on any atom is -0.379 e. The molecule has 5 rings (SSSR count). The highest BCUT2D eigenvalue weighted by molar-refractivity contribution is 7.90. The highest BCUT2D eigenvalue weighted by Crippen LogP contribution is 2.38. The molecule has 1 aromatic carbocycles. The maximum atomic E-state index is 13.6. The Balaban J connectivity index is 1.46. The second kappa shape index (κ2) is 8.84. The smallest absolute Gasteiger partial charge is 0.267 e. The number of rotatable bonds is 5. The summed E-state index contributed by atoms with van der Waals surface area (Å²) in [5.74, 6) is 0.219. The summed E-state index contributed by atoms with van der Waals surface area (Å²) in [5.41, 5.74) is 2.70. The van der Waals surface area contributed by atoms with Gasteiger partial charge in [-0.2, -0.15) is 5.10 Å². The molecule has 0 radical (unpaired) electrons. The van der Waals surface area contributed by atoms with E-state index in [4.69, 9.17) is 4.74 Å². The largest absolute Gasteiger partial charge is 0.379 e. The fourth-order valence-electron chi connectivity index (χ4n) is 5.08. The van der Waals surface area contributed by atoms with Gasteiger partial charge in [0.1, 0.15) is 0 Å². The van der Waals surface area contributed by atoms with Crippen LogP contribution in [-0.2, 0) is 21.8 Å². The average molecular weight is 455 g/mol. The van der Waals surface area contributed by atoms with Crippen molar-refractivity contribution in [1.82, 2.24) is 18.7 Å². The Labute approximate surface area is 189 Å². The van der Waals surface area contributed by atoms with Gasteiger partial charge in [-0.15, -0.1) is 0 Å². The molecule has 0 spiro atoms. The van der Waals surface area contributed by atoms with E-state index in [-0.39, 0.29) is 5.92 Å². The first-order chi connectivity index (χ1) is 15.5. The van der Waals surface area contributed by atoms with Gasteiger partial charge in [-0.3, -0.25) is 9.58 Å². The van der Waals surface area contributed by atoms with Crippen LogP contribution >= 0.6 is 0 Å². The number of hydrogen-bond acceptors (Lipinski definition) is 5. The molecule has 0 unspecified atom stereocenters. The summed E-state index contributed by atoms with van der Waals surface area (Å²) in [6, 6.07) is 11.3. The number of hydrogen-bond donors (Lipinski definition) is 0. The van der Waals surface area contributed by atoms with Crippen molar-refractivity contribution in [3.63, 3.8) is 0 Å². The van der Waals surface area contributed by atoms with Crippen molar-refractivity contribution < 1.29 is 13.2 Å². The first-order valence-electron chi connectivity index (χ1n) is 11.4. The van der Waals surface area contributed by atoms with Gasteiger partial charge in [0.15, 0.2) is 0 Å². The number of benzene rings is 1. The van der Waals surface area contributed by atoms with Crippen LogP contribution in [0.25, 0.3) is 11.1 Å².